The molecule has 0 N–H and O–H groups in total. The largest absolute Gasteiger partial charge is 0.497 e. The van der Waals surface area contributed by atoms with E-state index in [1.165, 1.54) is 6.07 Å². The summed E-state index contributed by atoms with van der Waals surface area (Å²) in [6.45, 7) is 6.67. The first kappa shape index (κ1) is 23.8. The van der Waals surface area contributed by atoms with E-state index in [0.717, 1.165) is 6.42 Å². The van der Waals surface area contributed by atoms with Gasteiger partial charge in [0.25, 0.3) is 5.91 Å². The maximum Gasteiger partial charge on any atom is 0.254 e. The highest BCUT2D eigenvalue weighted by molar-refractivity contribution is 5.94. The van der Waals surface area contributed by atoms with Crippen LogP contribution in [0.25, 0.3) is 11.3 Å². The van der Waals surface area contributed by atoms with Crippen LogP contribution in [0.4, 0.5) is 10.3 Å². The molecule has 0 unspecified atom stereocenters. The summed E-state index contributed by atoms with van der Waals surface area (Å²) in [6.07, 6.45) is 0.759. The van der Waals surface area contributed by atoms with Crippen molar-refractivity contribution in [2.24, 2.45) is 0 Å². The average Bonchev–Trinajstić information content (AvgIpc) is 3.30. The van der Waals surface area contributed by atoms with Crippen LogP contribution in [-0.2, 0) is 11.3 Å². The summed E-state index contributed by atoms with van der Waals surface area (Å²) in [4.78, 5) is 17.4. The minimum absolute atomic E-state index is 0.0597. The van der Waals surface area contributed by atoms with Crippen molar-refractivity contribution in [2.45, 2.75) is 32.9 Å². The van der Waals surface area contributed by atoms with E-state index in [-0.39, 0.29) is 24.3 Å². The topological polar surface area (TPSA) is 68.0 Å². The Kier molecular flexibility index (Phi) is 7.47. The number of carbonyl (C=O) groups is 1. The molecule has 1 amide bonds. The number of carbonyl (C=O) groups excluding carboxylic acids is 1. The van der Waals surface area contributed by atoms with Gasteiger partial charge >= 0.3 is 0 Å². The predicted octanol–water partition coefficient (Wildman–Crippen LogP) is 4.77. The molecule has 0 bridgehead atoms. The Labute approximate surface area is 199 Å². The Hall–Kier alpha value is -3.39. The zero-order valence-corrected chi connectivity index (χ0v) is 19.8. The van der Waals surface area contributed by atoms with Crippen LogP contribution in [-0.4, -0.2) is 55.4 Å². The minimum atomic E-state index is -0.387. The van der Waals surface area contributed by atoms with Crippen molar-refractivity contribution in [3.63, 3.8) is 0 Å². The van der Waals surface area contributed by atoms with E-state index in [4.69, 9.17) is 14.0 Å². The lowest BCUT2D eigenvalue weighted by Crippen LogP contribution is -2.39. The third kappa shape index (κ3) is 4.92. The number of benzene rings is 2. The van der Waals surface area contributed by atoms with Gasteiger partial charge in [0.05, 0.1) is 32.4 Å². The maximum atomic E-state index is 14.8. The van der Waals surface area contributed by atoms with E-state index in [0.29, 0.717) is 60.3 Å². The molecule has 34 heavy (non-hydrogen) atoms. The van der Waals surface area contributed by atoms with E-state index >= 15 is 0 Å². The maximum absolute atomic E-state index is 14.8. The van der Waals surface area contributed by atoms with E-state index in [9.17, 15) is 9.18 Å². The molecule has 0 spiro atoms. The first-order valence-electron chi connectivity index (χ1n) is 11.5. The van der Waals surface area contributed by atoms with Gasteiger partial charge in [0.2, 0.25) is 5.88 Å². The number of rotatable bonds is 8. The third-order valence-corrected chi connectivity index (χ3v) is 6.24. The van der Waals surface area contributed by atoms with Gasteiger partial charge in [-0.3, -0.25) is 4.79 Å². The molecule has 1 saturated heterocycles. The van der Waals surface area contributed by atoms with Crippen molar-refractivity contribution in [1.29, 1.82) is 0 Å². The van der Waals surface area contributed by atoms with Crippen molar-refractivity contribution in [2.75, 3.05) is 38.3 Å². The quantitative estimate of drug-likeness (QED) is 0.476. The highest BCUT2D eigenvalue weighted by Gasteiger charge is 2.30. The number of halogens is 1. The van der Waals surface area contributed by atoms with Crippen molar-refractivity contribution >= 4 is 11.8 Å². The summed E-state index contributed by atoms with van der Waals surface area (Å²) < 4.78 is 31.2. The first-order chi connectivity index (χ1) is 16.5. The first-order valence-corrected chi connectivity index (χ1v) is 11.5. The molecule has 4 rings (SSSR count). The molecular formula is C26H30FN3O4. The number of anilines is 1. The number of ether oxygens (including phenoxy) is 2. The van der Waals surface area contributed by atoms with Crippen molar-refractivity contribution < 1.29 is 23.2 Å². The second-order valence-electron chi connectivity index (χ2n) is 8.31. The lowest BCUT2D eigenvalue weighted by Gasteiger charge is -2.31. The van der Waals surface area contributed by atoms with Crippen LogP contribution < -0.4 is 9.64 Å². The van der Waals surface area contributed by atoms with Crippen LogP contribution in [0.5, 0.6) is 5.75 Å². The molecule has 2 heterocycles. The smallest absolute Gasteiger partial charge is 0.254 e. The highest BCUT2D eigenvalue weighted by Crippen LogP contribution is 2.35. The lowest BCUT2D eigenvalue weighted by molar-refractivity contribution is 0.0671. The molecule has 180 valence electrons. The van der Waals surface area contributed by atoms with Crippen molar-refractivity contribution in [1.82, 2.24) is 10.1 Å². The van der Waals surface area contributed by atoms with Gasteiger partial charge in [-0.05, 0) is 49.7 Å². The van der Waals surface area contributed by atoms with E-state index < -0.39 is 0 Å². The number of hydrogen-bond acceptors (Lipinski definition) is 6. The van der Waals surface area contributed by atoms with Gasteiger partial charge in [-0.15, -0.1) is 0 Å². The van der Waals surface area contributed by atoms with Crippen molar-refractivity contribution in [3.05, 3.63) is 65.5 Å². The fourth-order valence-electron chi connectivity index (χ4n) is 4.04. The highest BCUT2D eigenvalue weighted by atomic mass is 19.1. The van der Waals surface area contributed by atoms with Gasteiger partial charge in [0.15, 0.2) is 0 Å². The van der Waals surface area contributed by atoms with E-state index in [2.05, 4.69) is 5.16 Å². The fourth-order valence-corrected chi connectivity index (χ4v) is 4.04. The molecule has 2 aromatic carbocycles. The number of nitrogens with zero attached hydrogens (tertiary/aromatic N) is 3. The lowest BCUT2D eigenvalue weighted by atomic mass is 10.0. The molecule has 8 heteroatoms. The van der Waals surface area contributed by atoms with Gasteiger partial charge in [0.1, 0.15) is 17.3 Å². The molecule has 7 nitrogen and oxygen atoms in total. The van der Waals surface area contributed by atoms with Gasteiger partial charge in [-0.2, -0.15) is 0 Å². The molecule has 0 radical (unpaired) electrons. The van der Waals surface area contributed by atoms with Crippen molar-refractivity contribution in [3.8, 4) is 17.0 Å². The summed E-state index contributed by atoms with van der Waals surface area (Å²) in [7, 11) is 1.59. The van der Waals surface area contributed by atoms with Crippen LogP contribution in [0, 0.1) is 5.82 Å². The third-order valence-electron chi connectivity index (χ3n) is 6.24. The molecule has 1 fully saturated rings. The molecule has 1 aliphatic heterocycles. The molecule has 1 aliphatic rings. The Morgan fingerprint density at radius 3 is 2.53 bits per heavy atom. The molecule has 3 aromatic rings. The zero-order chi connectivity index (χ0) is 24.1. The number of aromatic nitrogens is 1. The Balaban J connectivity index is 1.75. The van der Waals surface area contributed by atoms with E-state index in [1.807, 2.05) is 18.7 Å². The standard InChI is InChI=1S/C26H30FN3O4/c1-4-18(2)30(25(31)19-9-11-20(32-3)12-10-19)17-22-24(21-7-5-6-8-23(21)27)28-34-26(22)29-13-15-33-16-14-29/h5-12,18H,4,13-17H2,1-3H3/t18-/m0/s1. The fraction of sp³-hybridized carbons (Fsp3) is 0.385. The normalized spacial score (nSPS) is 14.6. The number of methoxy groups -OCH3 is 1. The molecule has 1 atom stereocenters. The number of morpholine rings is 1. The molecule has 0 saturated carbocycles. The zero-order valence-electron chi connectivity index (χ0n) is 19.8. The summed E-state index contributed by atoms with van der Waals surface area (Å²) in [5.41, 5.74) is 2.00. The van der Waals surface area contributed by atoms with Gasteiger partial charge in [-0.25, -0.2) is 4.39 Å². The molecule has 0 aliphatic carbocycles. The minimum Gasteiger partial charge on any atom is -0.497 e. The van der Waals surface area contributed by atoms with Gasteiger partial charge in [-0.1, -0.05) is 24.2 Å². The predicted molar refractivity (Wildman–Crippen MR) is 128 cm³/mol. The van der Waals surface area contributed by atoms with Crippen LogP contribution in [0.1, 0.15) is 36.2 Å². The number of amides is 1. The average molecular weight is 468 g/mol. The van der Waals surface area contributed by atoms with Crippen LogP contribution in [0.3, 0.4) is 0 Å². The Bertz CT molecular complexity index is 1110. The second-order valence-corrected chi connectivity index (χ2v) is 8.31. The monoisotopic (exact) mass is 467 g/mol. The Morgan fingerprint density at radius 2 is 1.88 bits per heavy atom. The summed E-state index contributed by atoms with van der Waals surface area (Å²) in [5.74, 6) is 0.729. The van der Waals surface area contributed by atoms with Crippen LogP contribution in [0.15, 0.2) is 53.1 Å². The Morgan fingerprint density at radius 1 is 1.18 bits per heavy atom. The second kappa shape index (κ2) is 10.7. The molecule has 1 aromatic heterocycles. The molecular weight excluding hydrogens is 437 g/mol. The number of hydrogen-bond donors (Lipinski definition) is 0. The van der Waals surface area contributed by atoms with Gasteiger partial charge in [0, 0.05) is 30.3 Å². The van der Waals surface area contributed by atoms with Gasteiger partial charge < -0.3 is 23.8 Å². The SMILES string of the molecule is CC[C@H](C)N(Cc1c(-c2ccccc2F)noc1N1CCOCC1)C(=O)c1ccc(OC)cc1. The van der Waals surface area contributed by atoms with Crippen LogP contribution in [0.2, 0.25) is 0 Å². The van der Waals surface area contributed by atoms with E-state index in [1.54, 1.807) is 54.5 Å². The summed E-state index contributed by atoms with van der Waals surface area (Å²) in [5, 5.41) is 4.26. The summed E-state index contributed by atoms with van der Waals surface area (Å²) in [6, 6.07) is 13.5. The summed E-state index contributed by atoms with van der Waals surface area (Å²) >= 11 is 0. The van der Waals surface area contributed by atoms with Crippen LogP contribution >= 0.6 is 0 Å².